The number of sulfonamides is 1. The Kier molecular flexibility index (Phi) is 10.5. The molecule has 1 fully saturated rings. The third-order valence-corrected chi connectivity index (χ3v) is 11.7. The smallest absolute Gasteiger partial charge is 0.335 e. The van der Waals surface area contributed by atoms with Gasteiger partial charge in [0.25, 0.3) is 0 Å². The van der Waals surface area contributed by atoms with Gasteiger partial charge in [0.2, 0.25) is 10.0 Å². The van der Waals surface area contributed by atoms with Crippen LogP contribution in [0.4, 0.5) is 5.69 Å². The number of ether oxygens (including phenoxy) is 2. The van der Waals surface area contributed by atoms with E-state index in [-0.39, 0.29) is 28.9 Å². The molecule has 5 rings (SSSR count). The van der Waals surface area contributed by atoms with Gasteiger partial charge in [-0.25, -0.2) is 18.4 Å². The maximum atomic E-state index is 12.1. The van der Waals surface area contributed by atoms with Gasteiger partial charge in [-0.1, -0.05) is 29.8 Å². The molecule has 1 spiro atoms. The number of benzene rings is 2. The number of primary sulfonamides is 1. The molecule has 0 bridgehead atoms. The summed E-state index contributed by atoms with van der Waals surface area (Å²) >= 11 is 6.37. The number of hydrogen-bond donors (Lipinski definition) is 3. The van der Waals surface area contributed by atoms with Gasteiger partial charge >= 0.3 is 5.97 Å². The van der Waals surface area contributed by atoms with Crippen LogP contribution >= 0.6 is 11.6 Å². The first-order chi connectivity index (χ1) is 21.4. The van der Waals surface area contributed by atoms with E-state index in [1.54, 1.807) is 31.4 Å². The largest absolute Gasteiger partial charge is 0.490 e. The number of allylic oxidation sites excluding steroid dienone is 1. The van der Waals surface area contributed by atoms with E-state index in [4.69, 9.17) is 26.2 Å². The molecule has 1 heterocycles. The van der Waals surface area contributed by atoms with Gasteiger partial charge in [-0.2, -0.15) is 0 Å². The van der Waals surface area contributed by atoms with Gasteiger partial charge in [-0.05, 0) is 112 Å². The van der Waals surface area contributed by atoms with Crippen LogP contribution in [0.3, 0.4) is 0 Å². The molecule has 2 aromatic carbocycles. The fourth-order valence-electron chi connectivity index (χ4n) is 7.34. The maximum Gasteiger partial charge on any atom is 0.335 e. The summed E-state index contributed by atoms with van der Waals surface area (Å²) < 4.78 is 35.8. The van der Waals surface area contributed by atoms with E-state index in [0.717, 1.165) is 42.8 Å². The van der Waals surface area contributed by atoms with Crippen LogP contribution < -0.4 is 14.8 Å². The zero-order valence-electron chi connectivity index (χ0n) is 26.0. The van der Waals surface area contributed by atoms with E-state index in [0.29, 0.717) is 44.7 Å². The normalized spacial score (nSPS) is 25.0. The van der Waals surface area contributed by atoms with Gasteiger partial charge < -0.3 is 24.6 Å². The Balaban J connectivity index is 1.33. The summed E-state index contributed by atoms with van der Waals surface area (Å²) in [5, 5.41) is 26.4. The van der Waals surface area contributed by atoms with Crippen molar-refractivity contribution in [2.75, 3.05) is 31.7 Å². The van der Waals surface area contributed by atoms with Crippen LogP contribution in [0.2, 0.25) is 5.02 Å². The topological polar surface area (TPSA) is 139 Å². The van der Waals surface area contributed by atoms with Gasteiger partial charge in [-0.15, -0.1) is 0 Å². The van der Waals surface area contributed by atoms with Gasteiger partial charge in [0.1, 0.15) is 5.75 Å². The van der Waals surface area contributed by atoms with Crippen molar-refractivity contribution in [2.45, 2.75) is 81.2 Å². The molecular formula is C34H45ClN2O7S. The van der Waals surface area contributed by atoms with Crippen molar-refractivity contribution in [3.63, 3.8) is 0 Å². The fourth-order valence-corrected chi connectivity index (χ4v) is 8.54. The maximum absolute atomic E-state index is 12.1. The number of anilines is 1. The highest BCUT2D eigenvalue weighted by Gasteiger charge is 2.44. The minimum atomic E-state index is -3.71. The molecule has 0 unspecified atom stereocenters. The number of carboxylic acid groups (broad SMARTS) is 1. The van der Waals surface area contributed by atoms with Crippen molar-refractivity contribution in [3.8, 4) is 5.75 Å². The number of rotatable bonds is 12. The first-order valence-electron chi connectivity index (χ1n) is 15.8. The third-order valence-electron chi connectivity index (χ3n) is 10.1. The number of hydrogen-bond acceptors (Lipinski definition) is 7. The molecule has 246 valence electrons. The van der Waals surface area contributed by atoms with Gasteiger partial charge in [-0.3, -0.25) is 0 Å². The summed E-state index contributed by atoms with van der Waals surface area (Å²) in [4.78, 5) is 14.2. The summed E-state index contributed by atoms with van der Waals surface area (Å²) in [6, 6.07) is 11.2. The Labute approximate surface area is 271 Å². The van der Waals surface area contributed by atoms with Crippen LogP contribution in [-0.2, 0) is 26.6 Å². The molecule has 45 heavy (non-hydrogen) atoms. The average Bonchev–Trinajstić information content (AvgIpc) is 3.12. The zero-order valence-corrected chi connectivity index (χ0v) is 27.6. The molecule has 2 aromatic rings. The number of aliphatic hydroxyl groups excluding tert-OH is 1. The summed E-state index contributed by atoms with van der Waals surface area (Å²) in [5.74, 6) is -0.0964. The molecule has 0 saturated heterocycles. The Morgan fingerprint density at radius 3 is 2.76 bits per heavy atom. The lowest BCUT2D eigenvalue weighted by Crippen LogP contribution is -2.49. The number of nitrogens with zero attached hydrogens (tertiary/aromatic N) is 1. The summed E-state index contributed by atoms with van der Waals surface area (Å²) in [6.45, 7) is 3.62. The van der Waals surface area contributed by atoms with Crippen LogP contribution in [0, 0.1) is 11.8 Å². The van der Waals surface area contributed by atoms with Crippen molar-refractivity contribution in [1.82, 2.24) is 0 Å². The summed E-state index contributed by atoms with van der Waals surface area (Å²) in [7, 11) is -2.17. The second-order valence-corrected chi connectivity index (χ2v) is 15.4. The number of methoxy groups -OCH3 is 1. The van der Waals surface area contributed by atoms with Crippen LogP contribution in [0.15, 0.2) is 48.6 Å². The zero-order chi connectivity index (χ0) is 32.4. The highest BCUT2D eigenvalue weighted by Crippen LogP contribution is 2.46. The van der Waals surface area contributed by atoms with Crippen molar-refractivity contribution in [2.24, 2.45) is 17.0 Å². The van der Waals surface area contributed by atoms with Crippen molar-refractivity contribution >= 4 is 33.3 Å². The molecule has 0 aromatic heterocycles. The van der Waals surface area contributed by atoms with Crippen LogP contribution in [0.5, 0.6) is 5.75 Å². The number of aryl methyl sites for hydroxylation is 1. The van der Waals surface area contributed by atoms with E-state index >= 15 is 0 Å². The van der Waals surface area contributed by atoms with E-state index in [9.17, 15) is 23.4 Å². The van der Waals surface area contributed by atoms with E-state index < -0.39 is 27.3 Å². The van der Waals surface area contributed by atoms with E-state index in [1.165, 1.54) is 11.1 Å². The quantitative estimate of drug-likeness (QED) is 0.260. The predicted molar refractivity (Wildman–Crippen MR) is 176 cm³/mol. The monoisotopic (exact) mass is 660 g/mol. The molecule has 1 saturated carbocycles. The van der Waals surface area contributed by atoms with Crippen LogP contribution in [0.1, 0.15) is 73.4 Å². The lowest BCUT2D eigenvalue weighted by molar-refractivity contribution is 0.0456. The number of nitrogens with two attached hydrogens (primary N) is 1. The van der Waals surface area contributed by atoms with Crippen molar-refractivity contribution in [3.05, 3.63) is 70.3 Å². The molecule has 4 N–H and O–H groups in total. The first-order valence-corrected chi connectivity index (χ1v) is 17.8. The minimum absolute atomic E-state index is 0.0347. The molecule has 0 radical (unpaired) electrons. The molecule has 9 nitrogen and oxygen atoms in total. The Hall–Kier alpha value is -2.63. The highest BCUT2D eigenvalue weighted by atomic mass is 35.5. The van der Waals surface area contributed by atoms with Crippen molar-refractivity contribution in [1.29, 1.82) is 0 Å². The number of aliphatic hydroxyl groups is 1. The van der Waals surface area contributed by atoms with E-state index in [2.05, 4.69) is 17.0 Å². The Bertz CT molecular complexity index is 1520. The molecule has 2 aliphatic carbocycles. The molecular weight excluding hydrogens is 616 g/mol. The minimum Gasteiger partial charge on any atom is -0.490 e. The van der Waals surface area contributed by atoms with Gasteiger partial charge in [0, 0.05) is 30.6 Å². The SMILES string of the molecule is CO[C@H](C)C[C@@H](CC/C=C/[C@H](O)[C@@H]1CC[C@H]1CN1C[C@@]2(CCCc3cc(Cl)ccc32)COc2ccc(C(=O)O)cc21)S(N)(=O)=O. The molecule has 6 atom stereocenters. The number of carbonyl (C=O) groups is 1. The predicted octanol–water partition coefficient (Wildman–Crippen LogP) is 5.32. The lowest BCUT2D eigenvalue weighted by Gasteiger charge is -2.45. The molecule has 11 heteroatoms. The number of halogens is 1. The summed E-state index contributed by atoms with van der Waals surface area (Å²) in [5.41, 5.74) is 3.17. The van der Waals surface area contributed by atoms with Gasteiger partial charge in [0.15, 0.2) is 0 Å². The molecule has 3 aliphatic rings. The summed E-state index contributed by atoms with van der Waals surface area (Å²) in [6.07, 6.45) is 8.62. The highest BCUT2D eigenvalue weighted by molar-refractivity contribution is 7.89. The second kappa shape index (κ2) is 14.0. The Morgan fingerprint density at radius 2 is 2.07 bits per heavy atom. The molecule has 0 amide bonds. The number of carboxylic acids is 1. The van der Waals surface area contributed by atoms with Gasteiger partial charge in [0.05, 0.1) is 35.3 Å². The van der Waals surface area contributed by atoms with Crippen molar-refractivity contribution < 1.29 is 32.9 Å². The lowest BCUT2D eigenvalue weighted by atomic mass is 9.68. The first kappa shape index (κ1) is 33.7. The second-order valence-electron chi connectivity index (χ2n) is 13.1. The number of fused-ring (bicyclic) bond motifs is 3. The fraction of sp³-hybridized carbons (Fsp3) is 0.559. The standard InChI is InChI=1S/C34H45ClN2O7S/c1-22(43-2)16-27(45(36,41)42)7-3-4-8-31(38)28-12-9-25(28)19-37-20-34(15-5-6-23-17-26(35)11-13-29(23)34)21-44-32-14-10-24(33(39)40)18-30(32)37/h4,8,10-11,13-14,17-18,22,25,27-28,31,38H,3,5-7,9,12,15-16,19-21H2,1-2H3,(H,39,40)(H2,36,41,42)/b8-4+/t22-,25+,27-,28-,31+,34+/m1/s1. The molecule has 1 aliphatic heterocycles. The number of aromatic carboxylic acids is 1. The Morgan fingerprint density at radius 1 is 1.27 bits per heavy atom. The average molecular weight is 661 g/mol. The van der Waals surface area contributed by atoms with Crippen LogP contribution in [-0.4, -0.2) is 68.9 Å². The third kappa shape index (κ3) is 7.68. The van der Waals surface area contributed by atoms with E-state index in [1.807, 2.05) is 19.1 Å². The van der Waals surface area contributed by atoms with Crippen LogP contribution in [0.25, 0.3) is 0 Å².